The van der Waals surface area contributed by atoms with Crippen LogP contribution in [0.5, 0.6) is 5.75 Å². The molecule has 2 rings (SSSR count). The van der Waals surface area contributed by atoms with Crippen molar-refractivity contribution >= 4 is 0 Å². The molecule has 0 aliphatic heterocycles. The van der Waals surface area contributed by atoms with Gasteiger partial charge in [-0.15, -0.1) is 0 Å². The molecule has 2 aromatic rings. The topological polar surface area (TPSA) is 56.8 Å². The number of hydrogen-bond donors (Lipinski definition) is 0. The Morgan fingerprint density at radius 3 is 2.60 bits per heavy atom. The molecular formula is C17H14N2O. The molecule has 3 nitrogen and oxygen atoms in total. The van der Waals surface area contributed by atoms with E-state index in [0.717, 1.165) is 16.9 Å². The SMILES string of the molecule is COc1cccc(C(C#N)Cc2cccc(C#N)c2)c1. The molecule has 98 valence electrons. The summed E-state index contributed by atoms with van der Waals surface area (Å²) in [6.07, 6.45) is 0.583. The van der Waals surface area contributed by atoms with Crippen molar-refractivity contribution in [3.8, 4) is 17.9 Å². The van der Waals surface area contributed by atoms with Gasteiger partial charge in [-0.05, 0) is 41.8 Å². The van der Waals surface area contributed by atoms with Gasteiger partial charge in [0.15, 0.2) is 0 Å². The van der Waals surface area contributed by atoms with Crippen LogP contribution in [0.1, 0.15) is 22.6 Å². The van der Waals surface area contributed by atoms with Gasteiger partial charge < -0.3 is 4.74 Å². The fraction of sp³-hybridized carbons (Fsp3) is 0.176. The van der Waals surface area contributed by atoms with Crippen molar-refractivity contribution in [1.82, 2.24) is 0 Å². The molecule has 0 aliphatic carbocycles. The molecule has 1 atom stereocenters. The van der Waals surface area contributed by atoms with Crippen LogP contribution < -0.4 is 4.74 Å². The summed E-state index contributed by atoms with van der Waals surface area (Å²) in [7, 11) is 1.61. The molecule has 3 heteroatoms. The molecule has 0 saturated carbocycles. The van der Waals surface area contributed by atoms with E-state index >= 15 is 0 Å². The quantitative estimate of drug-likeness (QED) is 0.848. The van der Waals surface area contributed by atoms with Crippen molar-refractivity contribution in [2.24, 2.45) is 0 Å². The number of benzene rings is 2. The maximum Gasteiger partial charge on any atom is 0.119 e. The van der Waals surface area contributed by atoms with Gasteiger partial charge in [-0.1, -0.05) is 24.3 Å². The largest absolute Gasteiger partial charge is 0.497 e. The third kappa shape index (κ3) is 3.16. The van der Waals surface area contributed by atoms with E-state index in [-0.39, 0.29) is 5.92 Å². The van der Waals surface area contributed by atoms with Gasteiger partial charge in [-0.3, -0.25) is 0 Å². The summed E-state index contributed by atoms with van der Waals surface area (Å²) in [5.74, 6) is 0.493. The minimum Gasteiger partial charge on any atom is -0.497 e. The molecule has 0 amide bonds. The van der Waals surface area contributed by atoms with E-state index in [2.05, 4.69) is 12.1 Å². The molecule has 0 radical (unpaired) electrons. The predicted molar refractivity (Wildman–Crippen MR) is 76.2 cm³/mol. The Kier molecular flexibility index (Phi) is 4.37. The smallest absolute Gasteiger partial charge is 0.119 e. The Morgan fingerprint density at radius 1 is 1.10 bits per heavy atom. The van der Waals surface area contributed by atoms with E-state index in [0.29, 0.717) is 12.0 Å². The number of nitriles is 2. The van der Waals surface area contributed by atoms with Gasteiger partial charge in [0, 0.05) is 0 Å². The fourth-order valence-corrected chi connectivity index (χ4v) is 2.10. The monoisotopic (exact) mass is 262 g/mol. The second-order valence-electron chi connectivity index (χ2n) is 4.47. The number of ether oxygens (including phenoxy) is 1. The van der Waals surface area contributed by atoms with E-state index in [1.54, 1.807) is 13.2 Å². The maximum atomic E-state index is 9.38. The van der Waals surface area contributed by atoms with Gasteiger partial charge >= 0.3 is 0 Å². The van der Waals surface area contributed by atoms with Gasteiger partial charge in [0.25, 0.3) is 0 Å². The summed E-state index contributed by atoms with van der Waals surface area (Å²) >= 11 is 0. The van der Waals surface area contributed by atoms with Crippen LogP contribution >= 0.6 is 0 Å². The minimum absolute atomic E-state index is 0.251. The number of hydrogen-bond acceptors (Lipinski definition) is 3. The van der Waals surface area contributed by atoms with E-state index in [9.17, 15) is 5.26 Å². The maximum absolute atomic E-state index is 9.38. The summed E-state index contributed by atoms with van der Waals surface area (Å²) in [5, 5.41) is 18.3. The fourth-order valence-electron chi connectivity index (χ4n) is 2.10. The Morgan fingerprint density at radius 2 is 1.90 bits per heavy atom. The molecule has 0 fully saturated rings. The minimum atomic E-state index is -0.251. The number of rotatable bonds is 4. The Labute approximate surface area is 118 Å². The lowest BCUT2D eigenvalue weighted by Gasteiger charge is -2.11. The normalized spacial score (nSPS) is 11.2. The van der Waals surface area contributed by atoms with Crippen LogP contribution in [0.4, 0.5) is 0 Å². The molecule has 0 spiro atoms. The van der Waals surface area contributed by atoms with E-state index < -0.39 is 0 Å². The van der Waals surface area contributed by atoms with Gasteiger partial charge in [0.05, 0.1) is 30.7 Å². The summed E-state index contributed by atoms with van der Waals surface area (Å²) in [5.41, 5.74) is 2.53. The molecule has 0 aromatic heterocycles. The van der Waals surface area contributed by atoms with E-state index in [4.69, 9.17) is 10.00 Å². The van der Waals surface area contributed by atoms with Gasteiger partial charge in [0.1, 0.15) is 5.75 Å². The molecule has 0 N–H and O–H groups in total. The second-order valence-corrected chi connectivity index (χ2v) is 4.47. The Hall–Kier alpha value is -2.78. The van der Waals surface area contributed by atoms with Crippen LogP contribution in [0.2, 0.25) is 0 Å². The lowest BCUT2D eigenvalue weighted by Crippen LogP contribution is -2.01. The number of nitrogens with zero attached hydrogens (tertiary/aromatic N) is 2. The third-order valence-corrected chi connectivity index (χ3v) is 3.15. The van der Waals surface area contributed by atoms with Gasteiger partial charge in [0.2, 0.25) is 0 Å². The van der Waals surface area contributed by atoms with Crippen molar-refractivity contribution in [3.05, 3.63) is 65.2 Å². The standard InChI is InChI=1S/C17H14N2O/c1-20-17-7-3-6-15(10-17)16(12-19)9-13-4-2-5-14(8-13)11-18/h2-8,10,16H,9H2,1H3. The highest BCUT2D eigenvalue weighted by molar-refractivity contribution is 5.37. The average molecular weight is 262 g/mol. The lowest BCUT2D eigenvalue weighted by atomic mass is 9.92. The highest BCUT2D eigenvalue weighted by atomic mass is 16.5. The first-order chi connectivity index (χ1) is 9.76. The zero-order chi connectivity index (χ0) is 14.4. The molecule has 1 unspecified atom stereocenters. The van der Waals surface area contributed by atoms with Crippen molar-refractivity contribution in [2.75, 3.05) is 7.11 Å². The van der Waals surface area contributed by atoms with Crippen LogP contribution in [0.15, 0.2) is 48.5 Å². The highest BCUT2D eigenvalue weighted by Crippen LogP contribution is 2.24. The second kappa shape index (κ2) is 6.41. The van der Waals surface area contributed by atoms with E-state index in [1.807, 2.05) is 42.5 Å². The van der Waals surface area contributed by atoms with Gasteiger partial charge in [-0.2, -0.15) is 10.5 Å². The van der Waals surface area contributed by atoms with Crippen molar-refractivity contribution < 1.29 is 4.74 Å². The van der Waals surface area contributed by atoms with Crippen LogP contribution in [0, 0.1) is 22.7 Å². The number of methoxy groups -OCH3 is 1. The summed E-state index contributed by atoms with van der Waals surface area (Å²) in [6, 6.07) is 19.3. The van der Waals surface area contributed by atoms with Crippen LogP contribution in [0.25, 0.3) is 0 Å². The van der Waals surface area contributed by atoms with Crippen LogP contribution in [-0.4, -0.2) is 7.11 Å². The first-order valence-electron chi connectivity index (χ1n) is 6.29. The lowest BCUT2D eigenvalue weighted by molar-refractivity contribution is 0.414. The molecule has 0 saturated heterocycles. The Balaban J connectivity index is 2.24. The zero-order valence-corrected chi connectivity index (χ0v) is 11.2. The first-order valence-corrected chi connectivity index (χ1v) is 6.29. The molecule has 2 aromatic carbocycles. The van der Waals surface area contributed by atoms with Crippen LogP contribution in [0.3, 0.4) is 0 Å². The van der Waals surface area contributed by atoms with Crippen molar-refractivity contribution in [1.29, 1.82) is 10.5 Å². The van der Waals surface area contributed by atoms with Crippen LogP contribution in [-0.2, 0) is 6.42 Å². The summed E-state index contributed by atoms with van der Waals surface area (Å²) < 4.78 is 5.18. The zero-order valence-electron chi connectivity index (χ0n) is 11.2. The van der Waals surface area contributed by atoms with E-state index in [1.165, 1.54) is 0 Å². The first kappa shape index (κ1) is 13.6. The predicted octanol–water partition coefficient (Wildman–Crippen LogP) is 3.42. The summed E-state index contributed by atoms with van der Waals surface area (Å²) in [4.78, 5) is 0. The Bertz CT molecular complexity index is 680. The third-order valence-electron chi connectivity index (χ3n) is 3.15. The average Bonchev–Trinajstić information content (AvgIpc) is 2.52. The molecule has 0 heterocycles. The molecular weight excluding hydrogens is 248 g/mol. The molecule has 20 heavy (non-hydrogen) atoms. The highest BCUT2D eigenvalue weighted by Gasteiger charge is 2.12. The van der Waals surface area contributed by atoms with Gasteiger partial charge in [-0.25, -0.2) is 0 Å². The molecule has 0 aliphatic rings. The summed E-state index contributed by atoms with van der Waals surface area (Å²) in [6.45, 7) is 0. The van der Waals surface area contributed by atoms with Crippen molar-refractivity contribution in [3.63, 3.8) is 0 Å². The molecule has 0 bridgehead atoms. The van der Waals surface area contributed by atoms with Crippen molar-refractivity contribution in [2.45, 2.75) is 12.3 Å².